The van der Waals surface area contributed by atoms with E-state index < -0.39 is 16.1 Å². The average Bonchev–Trinajstić information content (AvgIpc) is 2.59. The molecule has 0 heterocycles. The minimum absolute atomic E-state index is 0.0420. The predicted octanol–water partition coefficient (Wildman–Crippen LogP) is 1.72. The molecule has 0 aliphatic carbocycles. The Balaban J connectivity index is 2.19. The van der Waals surface area contributed by atoms with Gasteiger partial charge in [0.15, 0.2) is 0 Å². The molecular weight excluding hydrogens is 318 g/mol. The first-order valence-corrected chi connectivity index (χ1v) is 8.41. The van der Waals surface area contributed by atoms with E-state index in [9.17, 15) is 13.5 Å². The number of ether oxygens (including phenoxy) is 2. The van der Waals surface area contributed by atoms with E-state index in [0.29, 0.717) is 11.3 Å². The standard InChI is InChI=1S/C16H19NO5S/c1-21-13-8-9-15(22-2)16(10-13)23(19,20)17-11-14(18)12-6-4-3-5-7-12/h3-10,14,17-18H,11H2,1-2H3. The van der Waals surface area contributed by atoms with Crippen LogP contribution in [0.1, 0.15) is 11.7 Å². The Morgan fingerprint density at radius 1 is 1.09 bits per heavy atom. The van der Waals surface area contributed by atoms with E-state index >= 15 is 0 Å². The molecule has 124 valence electrons. The molecule has 1 atom stereocenters. The van der Waals surface area contributed by atoms with Gasteiger partial charge in [-0.05, 0) is 17.7 Å². The largest absolute Gasteiger partial charge is 0.497 e. The number of rotatable bonds is 7. The summed E-state index contributed by atoms with van der Waals surface area (Å²) in [6.07, 6.45) is -0.942. The van der Waals surface area contributed by atoms with E-state index in [1.807, 2.05) is 6.07 Å². The van der Waals surface area contributed by atoms with Gasteiger partial charge in [0, 0.05) is 12.6 Å². The number of benzene rings is 2. The van der Waals surface area contributed by atoms with Gasteiger partial charge in [-0.3, -0.25) is 0 Å². The monoisotopic (exact) mass is 337 g/mol. The van der Waals surface area contributed by atoms with Crippen LogP contribution in [0.15, 0.2) is 53.4 Å². The number of aliphatic hydroxyl groups is 1. The summed E-state index contributed by atoms with van der Waals surface area (Å²) in [6, 6.07) is 13.3. The number of nitrogens with one attached hydrogen (secondary N) is 1. The van der Waals surface area contributed by atoms with E-state index in [0.717, 1.165) is 0 Å². The molecule has 0 saturated heterocycles. The molecule has 0 spiro atoms. The van der Waals surface area contributed by atoms with Crippen LogP contribution in [0.2, 0.25) is 0 Å². The lowest BCUT2D eigenvalue weighted by molar-refractivity contribution is 0.182. The van der Waals surface area contributed by atoms with Crippen LogP contribution in [-0.4, -0.2) is 34.3 Å². The highest BCUT2D eigenvalue weighted by Crippen LogP contribution is 2.28. The van der Waals surface area contributed by atoms with E-state index in [1.54, 1.807) is 30.3 Å². The van der Waals surface area contributed by atoms with Crippen LogP contribution in [0.4, 0.5) is 0 Å². The molecule has 0 saturated carbocycles. The van der Waals surface area contributed by atoms with Crippen molar-refractivity contribution in [3.8, 4) is 11.5 Å². The van der Waals surface area contributed by atoms with Gasteiger partial charge in [-0.25, -0.2) is 13.1 Å². The summed E-state index contributed by atoms with van der Waals surface area (Å²) in [6.45, 7) is -0.146. The van der Waals surface area contributed by atoms with Crippen LogP contribution in [0.5, 0.6) is 11.5 Å². The molecule has 0 aliphatic heterocycles. The van der Waals surface area contributed by atoms with Gasteiger partial charge in [0.05, 0.1) is 20.3 Å². The fourth-order valence-corrected chi connectivity index (χ4v) is 3.27. The maximum absolute atomic E-state index is 12.5. The molecule has 0 aromatic heterocycles. The molecule has 0 radical (unpaired) electrons. The zero-order valence-corrected chi connectivity index (χ0v) is 13.7. The number of methoxy groups -OCH3 is 2. The first-order chi connectivity index (χ1) is 11.0. The molecule has 2 aromatic carbocycles. The molecule has 2 rings (SSSR count). The van der Waals surface area contributed by atoms with Crippen LogP contribution in [0.25, 0.3) is 0 Å². The highest BCUT2D eigenvalue weighted by Gasteiger charge is 2.21. The third-order valence-corrected chi connectivity index (χ3v) is 4.76. The van der Waals surface area contributed by atoms with Crippen molar-refractivity contribution < 1.29 is 23.0 Å². The topological polar surface area (TPSA) is 84.9 Å². The zero-order valence-electron chi connectivity index (χ0n) is 12.9. The fraction of sp³-hybridized carbons (Fsp3) is 0.250. The molecule has 2 aromatic rings. The van der Waals surface area contributed by atoms with Gasteiger partial charge in [0.1, 0.15) is 16.4 Å². The second kappa shape index (κ2) is 7.45. The summed E-state index contributed by atoms with van der Waals surface area (Å²) in [4.78, 5) is -0.0420. The van der Waals surface area contributed by atoms with E-state index in [1.165, 1.54) is 26.4 Å². The second-order valence-electron chi connectivity index (χ2n) is 4.80. The Hall–Kier alpha value is -2.09. The van der Waals surface area contributed by atoms with Crippen molar-refractivity contribution in [3.05, 3.63) is 54.1 Å². The van der Waals surface area contributed by atoms with Gasteiger partial charge in [0.25, 0.3) is 0 Å². The Morgan fingerprint density at radius 2 is 1.78 bits per heavy atom. The maximum Gasteiger partial charge on any atom is 0.244 e. The van der Waals surface area contributed by atoms with Crippen LogP contribution in [0.3, 0.4) is 0 Å². The summed E-state index contributed by atoms with van der Waals surface area (Å²) in [5.74, 6) is 0.599. The molecule has 6 nitrogen and oxygen atoms in total. The predicted molar refractivity (Wildman–Crippen MR) is 86.1 cm³/mol. The van der Waals surface area contributed by atoms with Gasteiger partial charge in [-0.2, -0.15) is 0 Å². The Morgan fingerprint density at radius 3 is 2.39 bits per heavy atom. The summed E-state index contributed by atoms with van der Waals surface area (Å²) < 4.78 is 37.4. The number of hydrogen-bond donors (Lipinski definition) is 2. The number of hydrogen-bond acceptors (Lipinski definition) is 5. The summed E-state index contributed by atoms with van der Waals surface area (Å²) >= 11 is 0. The lowest BCUT2D eigenvalue weighted by Gasteiger charge is -2.15. The number of sulfonamides is 1. The zero-order chi connectivity index (χ0) is 16.9. The van der Waals surface area contributed by atoms with Crippen molar-refractivity contribution in [3.63, 3.8) is 0 Å². The highest BCUT2D eigenvalue weighted by atomic mass is 32.2. The minimum atomic E-state index is -3.85. The molecular formula is C16H19NO5S. The van der Waals surface area contributed by atoms with E-state index in [2.05, 4.69) is 4.72 Å². The molecule has 0 bridgehead atoms. The second-order valence-corrected chi connectivity index (χ2v) is 6.53. The molecule has 7 heteroatoms. The van der Waals surface area contributed by atoms with Crippen LogP contribution >= 0.6 is 0 Å². The summed E-state index contributed by atoms with van der Waals surface area (Å²) in [7, 11) is -1.02. The Labute approximate surface area is 135 Å². The maximum atomic E-state index is 12.5. The van der Waals surface area contributed by atoms with Gasteiger partial charge in [-0.15, -0.1) is 0 Å². The minimum Gasteiger partial charge on any atom is -0.497 e. The van der Waals surface area contributed by atoms with E-state index in [4.69, 9.17) is 9.47 Å². The van der Waals surface area contributed by atoms with Gasteiger partial charge in [-0.1, -0.05) is 30.3 Å². The molecule has 0 amide bonds. The SMILES string of the molecule is COc1ccc(OC)c(S(=O)(=O)NCC(O)c2ccccc2)c1. The smallest absolute Gasteiger partial charge is 0.244 e. The van der Waals surface area contributed by atoms with Crippen LogP contribution in [-0.2, 0) is 10.0 Å². The molecule has 2 N–H and O–H groups in total. The Kier molecular flexibility index (Phi) is 5.59. The van der Waals surface area contributed by atoms with Gasteiger partial charge in [0.2, 0.25) is 10.0 Å². The summed E-state index contributed by atoms with van der Waals surface area (Å²) in [5, 5.41) is 10.1. The van der Waals surface area contributed by atoms with Crippen molar-refractivity contribution in [1.82, 2.24) is 4.72 Å². The van der Waals surface area contributed by atoms with E-state index in [-0.39, 0.29) is 17.2 Å². The first-order valence-electron chi connectivity index (χ1n) is 6.92. The van der Waals surface area contributed by atoms with Crippen molar-refractivity contribution in [2.24, 2.45) is 0 Å². The van der Waals surface area contributed by atoms with Crippen molar-refractivity contribution in [1.29, 1.82) is 0 Å². The van der Waals surface area contributed by atoms with Crippen molar-refractivity contribution in [2.75, 3.05) is 20.8 Å². The third kappa shape index (κ3) is 4.22. The van der Waals surface area contributed by atoms with Crippen LogP contribution in [0, 0.1) is 0 Å². The molecule has 1 unspecified atom stereocenters. The van der Waals surface area contributed by atoms with Crippen molar-refractivity contribution in [2.45, 2.75) is 11.0 Å². The lowest BCUT2D eigenvalue weighted by atomic mass is 10.1. The van der Waals surface area contributed by atoms with Gasteiger partial charge < -0.3 is 14.6 Å². The summed E-state index contributed by atoms with van der Waals surface area (Å²) in [5.41, 5.74) is 0.632. The normalized spacial score (nSPS) is 12.7. The third-order valence-electron chi connectivity index (χ3n) is 3.31. The first kappa shape index (κ1) is 17.3. The van der Waals surface area contributed by atoms with Crippen LogP contribution < -0.4 is 14.2 Å². The molecule has 0 aliphatic rings. The lowest BCUT2D eigenvalue weighted by Crippen LogP contribution is -2.28. The quantitative estimate of drug-likeness (QED) is 0.803. The number of aliphatic hydroxyl groups excluding tert-OH is 1. The molecule has 23 heavy (non-hydrogen) atoms. The molecule has 0 fully saturated rings. The average molecular weight is 337 g/mol. The van der Waals surface area contributed by atoms with Gasteiger partial charge >= 0.3 is 0 Å². The van der Waals surface area contributed by atoms with Crippen molar-refractivity contribution >= 4 is 10.0 Å². The highest BCUT2D eigenvalue weighted by molar-refractivity contribution is 7.89. The fourth-order valence-electron chi connectivity index (χ4n) is 2.05. The Bertz CT molecular complexity index is 746.